The van der Waals surface area contributed by atoms with E-state index in [4.69, 9.17) is 4.74 Å². The molecule has 0 saturated heterocycles. The number of hydrogen-bond donors (Lipinski definition) is 3. The molecule has 390 valence electrons. The minimum Gasteiger partial charge on any atom is -0.466 e. The largest absolute Gasteiger partial charge is 0.466 e. The molecule has 0 bridgehead atoms. The van der Waals surface area contributed by atoms with Crippen LogP contribution in [0.25, 0.3) is 0 Å². The van der Waals surface area contributed by atoms with Crippen LogP contribution in [-0.4, -0.2) is 47.4 Å². The molecule has 0 aliphatic rings. The number of rotatable bonds is 55. The summed E-state index contributed by atoms with van der Waals surface area (Å²) in [7, 11) is 0. The van der Waals surface area contributed by atoms with Gasteiger partial charge in [-0.1, -0.05) is 276 Å². The third-order valence-corrected chi connectivity index (χ3v) is 13.7. The van der Waals surface area contributed by atoms with Crippen molar-refractivity contribution in [2.45, 2.75) is 334 Å². The Hall–Kier alpha value is -1.66. The van der Waals surface area contributed by atoms with E-state index in [2.05, 4.69) is 31.3 Å². The number of aliphatic hydroxyl groups is 2. The Bertz CT molecular complexity index is 1030. The first kappa shape index (κ1) is 64.3. The van der Waals surface area contributed by atoms with Gasteiger partial charge in [-0.15, -0.1) is 0 Å². The minimum absolute atomic E-state index is 0.00925. The molecule has 2 unspecified atom stereocenters. The summed E-state index contributed by atoms with van der Waals surface area (Å²) in [5.41, 5.74) is 0. The maximum absolute atomic E-state index is 12.5. The van der Waals surface area contributed by atoms with E-state index in [0.29, 0.717) is 19.4 Å². The van der Waals surface area contributed by atoms with Crippen LogP contribution in [0.3, 0.4) is 0 Å². The van der Waals surface area contributed by atoms with Crippen molar-refractivity contribution in [3.63, 3.8) is 0 Å². The molecule has 0 rings (SSSR count). The Labute approximate surface area is 411 Å². The SMILES string of the molecule is CCCCCC/C=C\CCCCCCCC(=O)OCCCCCCCCCCCCCCCCCC(=O)NC(CO)C(O)/C=C/CCCCCCCCCCCCCCCCCCCCC. The van der Waals surface area contributed by atoms with E-state index in [9.17, 15) is 19.8 Å². The van der Waals surface area contributed by atoms with Crippen LogP contribution >= 0.6 is 0 Å². The van der Waals surface area contributed by atoms with Gasteiger partial charge in [-0.2, -0.15) is 0 Å². The smallest absolute Gasteiger partial charge is 0.305 e. The molecule has 0 fully saturated rings. The molecule has 6 heteroatoms. The zero-order chi connectivity index (χ0) is 47.9. The van der Waals surface area contributed by atoms with Gasteiger partial charge >= 0.3 is 5.97 Å². The van der Waals surface area contributed by atoms with Crippen molar-refractivity contribution in [1.82, 2.24) is 5.32 Å². The molecule has 0 aliphatic carbocycles. The number of nitrogens with one attached hydrogen (secondary N) is 1. The van der Waals surface area contributed by atoms with Crippen LogP contribution < -0.4 is 5.32 Å². The Morgan fingerprint density at radius 1 is 0.409 bits per heavy atom. The lowest BCUT2D eigenvalue weighted by Crippen LogP contribution is -2.45. The van der Waals surface area contributed by atoms with Crippen molar-refractivity contribution >= 4 is 11.9 Å². The molecule has 0 aromatic rings. The van der Waals surface area contributed by atoms with E-state index in [-0.39, 0.29) is 18.5 Å². The molecule has 66 heavy (non-hydrogen) atoms. The summed E-state index contributed by atoms with van der Waals surface area (Å²) in [6, 6.07) is -0.635. The summed E-state index contributed by atoms with van der Waals surface area (Å²) in [6.07, 6.45) is 67.7. The second-order valence-electron chi connectivity index (χ2n) is 20.3. The van der Waals surface area contributed by atoms with Gasteiger partial charge in [0.2, 0.25) is 5.91 Å². The Balaban J connectivity index is 3.47. The molecule has 6 nitrogen and oxygen atoms in total. The standard InChI is InChI=1S/C60H115NO5/c1-3-5-7-9-11-13-15-17-18-19-20-21-22-23-25-29-32-36-40-44-48-52-58(63)57(56-62)61-59(64)53-49-45-41-37-33-30-26-24-27-31-35-39-43-47-51-55-66-60(65)54-50-46-42-38-34-28-16-14-12-10-8-6-4-2/h14,16,48,52,57-58,62-63H,3-13,15,17-47,49-51,53-56H2,1-2H3,(H,61,64)/b16-14-,52-48+. The number of unbranched alkanes of at least 4 members (excludes halogenated alkanes) is 42. The molecule has 0 aliphatic heterocycles. The first-order chi connectivity index (χ1) is 32.5. The highest BCUT2D eigenvalue weighted by Crippen LogP contribution is 2.17. The highest BCUT2D eigenvalue weighted by Gasteiger charge is 2.18. The molecule has 1 amide bonds. The van der Waals surface area contributed by atoms with E-state index in [1.807, 2.05) is 6.08 Å². The van der Waals surface area contributed by atoms with E-state index < -0.39 is 12.1 Å². The Morgan fingerprint density at radius 3 is 1.09 bits per heavy atom. The van der Waals surface area contributed by atoms with E-state index in [1.54, 1.807) is 6.08 Å². The lowest BCUT2D eigenvalue weighted by molar-refractivity contribution is -0.143. The van der Waals surface area contributed by atoms with Gasteiger partial charge in [-0.25, -0.2) is 0 Å². The van der Waals surface area contributed by atoms with Crippen LogP contribution in [0, 0.1) is 0 Å². The molecule has 0 saturated carbocycles. The second-order valence-corrected chi connectivity index (χ2v) is 20.3. The van der Waals surface area contributed by atoms with Gasteiger partial charge in [0.25, 0.3) is 0 Å². The summed E-state index contributed by atoms with van der Waals surface area (Å²) < 4.78 is 5.46. The number of carbonyl (C=O) groups is 2. The van der Waals surface area contributed by atoms with Crippen LogP contribution in [0.1, 0.15) is 322 Å². The number of aliphatic hydroxyl groups excluding tert-OH is 2. The van der Waals surface area contributed by atoms with Gasteiger partial charge in [-0.05, 0) is 57.8 Å². The van der Waals surface area contributed by atoms with Crippen molar-refractivity contribution < 1.29 is 24.5 Å². The normalized spacial score (nSPS) is 12.7. The van der Waals surface area contributed by atoms with Gasteiger partial charge in [0.15, 0.2) is 0 Å². The van der Waals surface area contributed by atoms with Gasteiger partial charge in [0.1, 0.15) is 0 Å². The Morgan fingerprint density at radius 2 is 0.712 bits per heavy atom. The second kappa shape index (κ2) is 55.9. The Kier molecular flexibility index (Phi) is 54.5. The summed E-state index contributed by atoms with van der Waals surface area (Å²) in [4.78, 5) is 24.5. The number of amides is 1. The van der Waals surface area contributed by atoms with Crippen LogP contribution in [0.5, 0.6) is 0 Å². The van der Waals surface area contributed by atoms with Crippen molar-refractivity contribution in [3.05, 3.63) is 24.3 Å². The maximum atomic E-state index is 12.5. The van der Waals surface area contributed by atoms with Gasteiger partial charge in [0, 0.05) is 12.8 Å². The van der Waals surface area contributed by atoms with E-state index >= 15 is 0 Å². The van der Waals surface area contributed by atoms with Crippen LogP contribution in [-0.2, 0) is 14.3 Å². The van der Waals surface area contributed by atoms with Crippen molar-refractivity contribution in [1.29, 1.82) is 0 Å². The zero-order valence-electron chi connectivity index (χ0n) is 44.4. The summed E-state index contributed by atoms with van der Waals surface area (Å²) in [5.74, 6) is -0.0833. The van der Waals surface area contributed by atoms with E-state index in [0.717, 1.165) is 51.4 Å². The van der Waals surface area contributed by atoms with Gasteiger partial charge < -0.3 is 20.3 Å². The number of hydrogen-bond acceptors (Lipinski definition) is 5. The summed E-state index contributed by atoms with van der Waals surface area (Å²) >= 11 is 0. The third kappa shape index (κ3) is 51.7. The molecule has 0 radical (unpaired) electrons. The maximum Gasteiger partial charge on any atom is 0.305 e. The third-order valence-electron chi connectivity index (χ3n) is 13.7. The molecule has 0 spiro atoms. The number of carbonyl (C=O) groups excluding carboxylic acids is 2. The summed E-state index contributed by atoms with van der Waals surface area (Å²) in [6.45, 7) is 4.89. The average Bonchev–Trinajstić information content (AvgIpc) is 3.32. The average molecular weight is 931 g/mol. The predicted octanol–water partition coefficient (Wildman–Crippen LogP) is 18.2. The van der Waals surface area contributed by atoms with Crippen LogP contribution in [0.15, 0.2) is 24.3 Å². The molecule has 0 aromatic carbocycles. The fourth-order valence-electron chi connectivity index (χ4n) is 9.16. The first-order valence-corrected chi connectivity index (χ1v) is 29.6. The fraction of sp³-hybridized carbons (Fsp3) is 0.900. The molecule has 0 heterocycles. The zero-order valence-corrected chi connectivity index (χ0v) is 44.4. The molecule has 2 atom stereocenters. The number of esters is 1. The summed E-state index contributed by atoms with van der Waals surface area (Å²) in [5, 5.41) is 23.2. The number of allylic oxidation sites excluding steroid dienone is 3. The highest BCUT2D eigenvalue weighted by atomic mass is 16.5. The molecule has 3 N–H and O–H groups in total. The van der Waals surface area contributed by atoms with Gasteiger partial charge in [-0.3, -0.25) is 9.59 Å². The minimum atomic E-state index is -0.851. The fourth-order valence-corrected chi connectivity index (χ4v) is 9.16. The number of ether oxygens (including phenoxy) is 1. The highest BCUT2D eigenvalue weighted by molar-refractivity contribution is 5.76. The quantitative estimate of drug-likeness (QED) is 0.0321. The lowest BCUT2D eigenvalue weighted by atomic mass is 10.0. The van der Waals surface area contributed by atoms with E-state index in [1.165, 1.54) is 244 Å². The molecular formula is C60H115NO5. The van der Waals surface area contributed by atoms with Crippen molar-refractivity contribution in [2.75, 3.05) is 13.2 Å². The molecule has 0 aromatic heterocycles. The topological polar surface area (TPSA) is 95.9 Å². The van der Waals surface area contributed by atoms with Crippen molar-refractivity contribution in [3.8, 4) is 0 Å². The predicted molar refractivity (Wildman–Crippen MR) is 287 cm³/mol. The van der Waals surface area contributed by atoms with Gasteiger partial charge in [0.05, 0.1) is 25.4 Å². The monoisotopic (exact) mass is 930 g/mol. The van der Waals surface area contributed by atoms with Crippen LogP contribution in [0.2, 0.25) is 0 Å². The van der Waals surface area contributed by atoms with Crippen molar-refractivity contribution in [2.24, 2.45) is 0 Å². The van der Waals surface area contributed by atoms with Crippen LogP contribution in [0.4, 0.5) is 0 Å². The first-order valence-electron chi connectivity index (χ1n) is 29.6. The molecular weight excluding hydrogens is 815 g/mol. The lowest BCUT2D eigenvalue weighted by Gasteiger charge is -2.20.